The van der Waals surface area contributed by atoms with Crippen molar-refractivity contribution in [3.05, 3.63) is 48.0 Å². The Labute approximate surface area is 120 Å². The summed E-state index contributed by atoms with van der Waals surface area (Å²) in [6, 6.07) is 14.2. The molecule has 2 aromatic carbocycles. The van der Waals surface area contributed by atoms with E-state index in [9.17, 15) is 4.79 Å². The van der Waals surface area contributed by atoms with Crippen molar-refractivity contribution in [2.24, 2.45) is 5.92 Å². The van der Waals surface area contributed by atoms with Crippen LogP contribution >= 0.6 is 0 Å². The fraction of sp³-hybridized carbons (Fsp3) is 0.389. The third kappa shape index (κ3) is 3.83. The Balaban J connectivity index is 2.06. The van der Waals surface area contributed by atoms with E-state index in [1.807, 2.05) is 31.2 Å². The monoisotopic (exact) mass is 270 g/mol. The SMILES string of the molecule is CC(C)CC(C)OC(=O)Cc1cccc2ccccc12. The van der Waals surface area contributed by atoms with Crippen LogP contribution in [0.15, 0.2) is 42.5 Å². The molecule has 1 unspecified atom stereocenters. The lowest BCUT2D eigenvalue weighted by Crippen LogP contribution is -2.18. The first kappa shape index (κ1) is 14.6. The van der Waals surface area contributed by atoms with Crippen LogP contribution in [0.5, 0.6) is 0 Å². The molecule has 0 aliphatic carbocycles. The minimum Gasteiger partial charge on any atom is -0.462 e. The number of carbonyl (C=O) groups excluding carboxylic acids is 1. The fourth-order valence-corrected chi connectivity index (χ4v) is 2.58. The molecular formula is C18H22O2. The van der Waals surface area contributed by atoms with Crippen LogP contribution < -0.4 is 0 Å². The summed E-state index contributed by atoms with van der Waals surface area (Å²) in [7, 11) is 0. The van der Waals surface area contributed by atoms with Crippen LogP contribution in [0.3, 0.4) is 0 Å². The first-order valence-corrected chi connectivity index (χ1v) is 7.22. The molecule has 0 radical (unpaired) electrons. The number of fused-ring (bicyclic) bond motifs is 1. The van der Waals surface area contributed by atoms with Gasteiger partial charge in [-0.05, 0) is 35.6 Å². The van der Waals surface area contributed by atoms with Gasteiger partial charge in [-0.25, -0.2) is 0 Å². The fourth-order valence-electron chi connectivity index (χ4n) is 2.58. The van der Waals surface area contributed by atoms with Gasteiger partial charge < -0.3 is 4.74 Å². The smallest absolute Gasteiger partial charge is 0.310 e. The predicted octanol–water partition coefficient (Wildman–Crippen LogP) is 4.36. The van der Waals surface area contributed by atoms with Crippen LogP contribution in [0, 0.1) is 5.92 Å². The molecule has 0 saturated carbocycles. The molecule has 2 aromatic rings. The number of hydrogen-bond donors (Lipinski definition) is 0. The molecule has 0 heterocycles. The van der Waals surface area contributed by atoms with E-state index in [0.717, 1.165) is 22.8 Å². The van der Waals surface area contributed by atoms with Crippen LogP contribution in [0.1, 0.15) is 32.8 Å². The molecule has 2 heteroatoms. The molecule has 2 rings (SSSR count). The van der Waals surface area contributed by atoms with Crippen molar-refractivity contribution in [2.45, 2.75) is 39.7 Å². The first-order valence-electron chi connectivity index (χ1n) is 7.22. The Hall–Kier alpha value is -1.83. The molecule has 0 aliphatic heterocycles. The highest BCUT2D eigenvalue weighted by atomic mass is 16.5. The average Bonchev–Trinajstić information content (AvgIpc) is 2.38. The zero-order chi connectivity index (χ0) is 14.5. The van der Waals surface area contributed by atoms with E-state index < -0.39 is 0 Å². The maximum absolute atomic E-state index is 12.0. The van der Waals surface area contributed by atoms with Crippen molar-refractivity contribution in [2.75, 3.05) is 0 Å². The van der Waals surface area contributed by atoms with E-state index >= 15 is 0 Å². The molecule has 20 heavy (non-hydrogen) atoms. The molecule has 0 aromatic heterocycles. The van der Waals surface area contributed by atoms with E-state index in [4.69, 9.17) is 4.74 Å². The predicted molar refractivity (Wildman–Crippen MR) is 82.7 cm³/mol. The van der Waals surface area contributed by atoms with Crippen molar-refractivity contribution in [1.82, 2.24) is 0 Å². The summed E-state index contributed by atoms with van der Waals surface area (Å²) in [5, 5.41) is 2.29. The molecule has 0 fully saturated rings. The quantitative estimate of drug-likeness (QED) is 0.755. The second-order valence-electron chi connectivity index (χ2n) is 5.75. The molecular weight excluding hydrogens is 248 g/mol. The lowest BCUT2D eigenvalue weighted by atomic mass is 10.0. The lowest BCUT2D eigenvalue weighted by molar-refractivity contribution is -0.147. The number of benzene rings is 2. The van der Waals surface area contributed by atoms with E-state index in [1.54, 1.807) is 0 Å². The van der Waals surface area contributed by atoms with E-state index in [2.05, 4.69) is 32.0 Å². The van der Waals surface area contributed by atoms with Crippen LogP contribution in [0.4, 0.5) is 0 Å². The van der Waals surface area contributed by atoms with Crippen LogP contribution in [0.25, 0.3) is 10.8 Å². The highest BCUT2D eigenvalue weighted by Crippen LogP contribution is 2.19. The van der Waals surface area contributed by atoms with Crippen molar-refractivity contribution in [3.63, 3.8) is 0 Å². The standard InChI is InChI=1S/C18H22O2/c1-13(2)11-14(3)20-18(19)12-16-9-6-8-15-7-4-5-10-17(15)16/h4-10,13-14H,11-12H2,1-3H3. The molecule has 0 bridgehead atoms. The molecule has 0 N–H and O–H groups in total. The van der Waals surface area contributed by atoms with E-state index in [0.29, 0.717) is 12.3 Å². The van der Waals surface area contributed by atoms with Gasteiger partial charge in [0.1, 0.15) is 0 Å². The topological polar surface area (TPSA) is 26.3 Å². The zero-order valence-corrected chi connectivity index (χ0v) is 12.4. The summed E-state index contributed by atoms with van der Waals surface area (Å²) in [6.45, 7) is 6.23. The van der Waals surface area contributed by atoms with E-state index in [-0.39, 0.29) is 12.1 Å². The normalized spacial score (nSPS) is 12.6. The Morgan fingerprint density at radius 2 is 1.75 bits per heavy atom. The van der Waals surface area contributed by atoms with Crippen molar-refractivity contribution >= 4 is 16.7 Å². The van der Waals surface area contributed by atoms with Crippen LogP contribution in [-0.2, 0) is 16.0 Å². The highest BCUT2D eigenvalue weighted by molar-refractivity contribution is 5.88. The molecule has 0 saturated heterocycles. The van der Waals surface area contributed by atoms with Gasteiger partial charge in [-0.3, -0.25) is 4.79 Å². The van der Waals surface area contributed by atoms with Gasteiger partial charge in [-0.2, -0.15) is 0 Å². The lowest BCUT2D eigenvalue weighted by Gasteiger charge is -2.15. The molecule has 106 valence electrons. The second-order valence-corrected chi connectivity index (χ2v) is 5.75. The Bertz CT molecular complexity index is 581. The maximum atomic E-state index is 12.0. The minimum atomic E-state index is -0.144. The number of ether oxygens (including phenoxy) is 1. The summed E-state index contributed by atoms with van der Waals surface area (Å²) in [5.74, 6) is 0.393. The number of rotatable bonds is 5. The summed E-state index contributed by atoms with van der Waals surface area (Å²) in [5.41, 5.74) is 1.03. The molecule has 0 spiro atoms. The molecule has 2 nitrogen and oxygen atoms in total. The minimum absolute atomic E-state index is 0.0162. The number of hydrogen-bond acceptors (Lipinski definition) is 2. The second kappa shape index (κ2) is 6.56. The van der Waals surface area contributed by atoms with Crippen molar-refractivity contribution in [3.8, 4) is 0 Å². The first-order chi connectivity index (χ1) is 9.56. The average molecular weight is 270 g/mol. The molecule has 0 aliphatic rings. The van der Waals surface area contributed by atoms with Gasteiger partial charge in [-0.1, -0.05) is 56.3 Å². The van der Waals surface area contributed by atoms with Gasteiger partial charge in [0.25, 0.3) is 0 Å². The number of esters is 1. The third-order valence-electron chi connectivity index (χ3n) is 3.35. The van der Waals surface area contributed by atoms with Crippen molar-refractivity contribution < 1.29 is 9.53 Å². The van der Waals surface area contributed by atoms with Gasteiger partial charge >= 0.3 is 5.97 Å². The zero-order valence-electron chi connectivity index (χ0n) is 12.4. The largest absolute Gasteiger partial charge is 0.462 e. The van der Waals surface area contributed by atoms with Crippen LogP contribution in [0.2, 0.25) is 0 Å². The molecule has 1 atom stereocenters. The summed E-state index contributed by atoms with van der Waals surface area (Å²) in [6.07, 6.45) is 1.22. The third-order valence-corrected chi connectivity index (χ3v) is 3.35. The van der Waals surface area contributed by atoms with Crippen LogP contribution in [-0.4, -0.2) is 12.1 Å². The Kier molecular flexibility index (Phi) is 4.78. The highest BCUT2D eigenvalue weighted by Gasteiger charge is 2.13. The Morgan fingerprint density at radius 3 is 2.50 bits per heavy atom. The van der Waals surface area contributed by atoms with Gasteiger partial charge in [0.15, 0.2) is 0 Å². The summed E-state index contributed by atoms with van der Waals surface area (Å²) >= 11 is 0. The van der Waals surface area contributed by atoms with Crippen molar-refractivity contribution in [1.29, 1.82) is 0 Å². The Morgan fingerprint density at radius 1 is 1.05 bits per heavy atom. The van der Waals surface area contributed by atoms with E-state index in [1.165, 1.54) is 0 Å². The van der Waals surface area contributed by atoms with Gasteiger partial charge in [0.2, 0.25) is 0 Å². The van der Waals surface area contributed by atoms with Gasteiger partial charge in [0.05, 0.1) is 12.5 Å². The van der Waals surface area contributed by atoms with Gasteiger partial charge in [0, 0.05) is 0 Å². The number of carbonyl (C=O) groups is 1. The maximum Gasteiger partial charge on any atom is 0.310 e. The summed E-state index contributed by atoms with van der Waals surface area (Å²) < 4.78 is 5.48. The summed E-state index contributed by atoms with van der Waals surface area (Å²) in [4.78, 5) is 12.0. The molecule has 0 amide bonds. The van der Waals surface area contributed by atoms with Gasteiger partial charge in [-0.15, -0.1) is 0 Å².